The molecule has 8 heteroatoms. The highest BCUT2D eigenvalue weighted by Gasteiger charge is 2.13. The van der Waals surface area contributed by atoms with E-state index in [0.717, 1.165) is 11.8 Å². The van der Waals surface area contributed by atoms with E-state index in [4.69, 9.17) is 21.4 Å². The van der Waals surface area contributed by atoms with Gasteiger partial charge in [0.1, 0.15) is 11.3 Å². The Morgan fingerprint density at radius 1 is 0.882 bits per heavy atom. The number of thiocarbonyl (C=S) groups is 1. The summed E-state index contributed by atoms with van der Waals surface area (Å²) in [7, 11) is 0. The number of nitrogens with one attached hydrogen (secondary N) is 3. The Morgan fingerprint density at radius 2 is 1.62 bits per heavy atom. The summed E-state index contributed by atoms with van der Waals surface area (Å²) < 4.78 is 11.2. The minimum Gasteiger partial charge on any atom is -0.494 e. The van der Waals surface area contributed by atoms with E-state index in [0.29, 0.717) is 34.9 Å². The quantitative estimate of drug-likeness (QED) is 0.303. The summed E-state index contributed by atoms with van der Waals surface area (Å²) in [4.78, 5) is 25.0. The summed E-state index contributed by atoms with van der Waals surface area (Å²) in [5, 5.41) is 9.43. The highest BCUT2D eigenvalue weighted by atomic mass is 32.1. The Morgan fingerprint density at radius 3 is 2.35 bits per heavy atom. The van der Waals surface area contributed by atoms with Gasteiger partial charge in [-0.05, 0) is 73.2 Å². The largest absolute Gasteiger partial charge is 0.494 e. The van der Waals surface area contributed by atoms with Crippen LogP contribution in [0.1, 0.15) is 34.3 Å². The number of carbonyl (C=O) groups is 2. The maximum Gasteiger partial charge on any atom is 0.291 e. The fourth-order valence-electron chi connectivity index (χ4n) is 3.21. The number of benzene rings is 3. The third-order valence-electron chi connectivity index (χ3n) is 4.85. The second-order valence-corrected chi connectivity index (χ2v) is 7.87. The van der Waals surface area contributed by atoms with Crippen LogP contribution in [0.5, 0.6) is 5.75 Å². The van der Waals surface area contributed by atoms with Gasteiger partial charge in [-0.15, -0.1) is 0 Å². The number of hydrogen-bond donors (Lipinski definition) is 3. The molecule has 1 aromatic heterocycles. The molecule has 0 atom stereocenters. The fraction of sp³-hybridized carbons (Fsp3) is 0.115. The first-order chi connectivity index (χ1) is 16.5. The molecule has 3 N–H and O–H groups in total. The maximum atomic E-state index is 12.5. The molecule has 3 aromatic carbocycles. The van der Waals surface area contributed by atoms with E-state index in [2.05, 4.69) is 16.0 Å². The van der Waals surface area contributed by atoms with Crippen LogP contribution in [0, 0.1) is 0 Å². The van der Waals surface area contributed by atoms with E-state index in [1.165, 1.54) is 0 Å². The Balaban J connectivity index is 1.32. The lowest BCUT2D eigenvalue weighted by atomic mass is 10.2. The normalized spacial score (nSPS) is 10.5. The van der Waals surface area contributed by atoms with Crippen LogP contribution in [0.4, 0.5) is 11.4 Å². The number of furan rings is 1. The van der Waals surface area contributed by atoms with E-state index < -0.39 is 0 Å². The zero-order valence-corrected chi connectivity index (χ0v) is 19.3. The lowest BCUT2D eigenvalue weighted by molar-refractivity contribution is 0.0974. The van der Waals surface area contributed by atoms with Crippen molar-refractivity contribution in [3.63, 3.8) is 0 Å². The number of carbonyl (C=O) groups excluding carboxylic acids is 2. The number of ether oxygens (including phenoxy) is 1. The Kier molecular flexibility index (Phi) is 7.19. The molecule has 0 spiro atoms. The molecule has 0 saturated heterocycles. The molecule has 172 valence electrons. The van der Waals surface area contributed by atoms with E-state index in [1.54, 1.807) is 54.6 Å². The molecule has 2 amide bonds. The highest BCUT2D eigenvalue weighted by Crippen LogP contribution is 2.21. The van der Waals surface area contributed by atoms with Gasteiger partial charge in [0.15, 0.2) is 10.9 Å². The Bertz CT molecular complexity index is 1300. The molecule has 0 saturated carbocycles. The summed E-state index contributed by atoms with van der Waals surface area (Å²) >= 11 is 5.26. The topological polar surface area (TPSA) is 92.6 Å². The summed E-state index contributed by atoms with van der Waals surface area (Å²) in [6, 6.07) is 23.0. The minimum atomic E-state index is -0.343. The van der Waals surface area contributed by atoms with Crippen LogP contribution in [0.15, 0.2) is 83.3 Å². The first-order valence-electron chi connectivity index (χ1n) is 10.8. The van der Waals surface area contributed by atoms with Crippen LogP contribution in [-0.2, 0) is 0 Å². The molecule has 4 aromatic rings. The van der Waals surface area contributed by atoms with Gasteiger partial charge in [0, 0.05) is 22.3 Å². The molecular formula is C26H23N3O4S. The summed E-state index contributed by atoms with van der Waals surface area (Å²) in [6.07, 6.45) is 0.882. The Labute approximate surface area is 202 Å². The van der Waals surface area contributed by atoms with E-state index in [9.17, 15) is 9.59 Å². The number of hydrogen-bond acceptors (Lipinski definition) is 5. The summed E-state index contributed by atoms with van der Waals surface area (Å²) in [5.74, 6) is 0.184. The summed E-state index contributed by atoms with van der Waals surface area (Å²) in [5.41, 5.74) is 2.35. The maximum absolute atomic E-state index is 12.5. The SMILES string of the molecule is CCCOc1cccc(C(=O)NC(=S)Nc2ccc(NC(=O)c3cc4ccccc4o3)cc2)c1. The van der Waals surface area contributed by atoms with Gasteiger partial charge in [0.05, 0.1) is 6.61 Å². The van der Waals surface area contributed by atoms with Crippen molar-refractivity contribution in [2.75, 3.05) is 17.2 Å². The van der Waals surface area contributed by atoms with Crippen LogP contribution >= 0.6 is 12.2 Å². The van der Waals surface area contributed by atoms with Crippen LogP contribution in [0.25, 0.3) is 11.0 Å². The molecule has 0 radical (unpaired) electrons. The molecule has 4 rings (SSSR count). The molecule has 34 heavy (non-hydrogen) atoms. The monoisotopic (exact) mass is 473 g/mol. The molecule has 7 nitrogen and oxygen atoms in total. The number of para-hydroxylation sites is 1. The molecule has 0 aliphatic rings. The van der Waals surface area contributed by atoms with Gasteiger partial charge < -0.3 is 19.8 Å². The molecular weight excluding hydrogens is 450 g/mol. The standard InChI is InChI=1S/C26H23N3O4S/c1-2-14-32-21-8-5-7-18(15-21)24(30)29-26(34)28-20-12-10-19(11-13-20)27-25(31)23-16-17-6-3-4-9-22(17)33-23/h3-13,15-16H,2,14H2,1H3,(H,27,31)(H2,28,29,30,34). The molecule has 0 aliphatic heterocycles. The minimum absolute atomic E-state index is 0.156. The van der Waals surface area contributed by atoms with Crippen molar-refractivity contribution >= 4 is 51.5 Å². The first kappa shape index (κ1) is 23.0. The lowest BCUT2D eigenvalue weighted by Crippen LogP contribution is -2.34. The van der Waals surface area contributed by atoms with E-state index >= 15 is 0 Å². The number of rotatable bonds is 7. The van der Waals surface area contributed by atoms with E-state index in [-0.39, 0.29) is 22.7 Å². The van der Waals surface area contributed by atoms with Crippen molar-refractivity contribution in [1.82, 2.24) is 5.32 Å². The molecule has 1 heterocycles. The predicted octanol–water partition coefficient (Wildman–Crippen LogP) is 5.60. The summed E-state index contributed by atoms with van der Waals surface area (Å²) in [6.45, 7) is 2.60. The highest BCUT2D eigenvalue weighted by molar-refractivity contribution is 7.80. The van der Waals surface area contributed by atoms with E-state index in [1.807, 2.05) is 31.2 Å². The van der Waals surface area contributed by atoms with Gasteiger partial charge in [-0.25, -0.2) is 0 Å². The van der Waals surface area contributed by atoms with Gasteiger partial charge >= 0.3 is 0 Å². The van der Waals surface area contributed by atoms with Gasteiger partial charge in [-0.1, -0.05) is 31.2 Å². The third kappa shape index (κ3) is 5.79. The number of amides is 2. The zero-order chi connectivity index (χ0) is 23.9. The van der Waals surface area contributed by atoms with Crippen molar-refractivity contribution in [2.24, 2.45) is 0 Å². The van der Waals surface area contributed by atoms with Crippen molar-refractivity contribution in [3.8, 4) is 5.75 Å². The zero-order valence-electron chi connectivity index (χ0n) is 18.5. The molecule has 0 bridgehead atoms. The van der Waals surface area contributed by atoms with Gasteiger partial charge in [0.2, 0.25) is 0 Å². The van der Waals surface area contributed by atoms with Crippen LogP contribution < -0.4 is 20.7 Å². The van der Waals surface area contributed by atoms with Crippen molar-refractivity contribution in [2.45, 2.75) is 13.3 Å². The number of anilines is 2. The van der Waals surface area contributed by atoms with Gasteiger partial charge in [0.25, 0.3) is 11.8 Å². The van der Waals surface area contributed by atoms with Crippen molar-refractivity contribution in [3.05, 3.63) is 90.2 Å². The number of fused-ring (bicyclic) bond motifs is 1. The van der Waals surface area contributed by atoms with Gasteiger partial charge in [-0.3, -0.25) is 14.9 Å². The Hall–Kier alpha value is -4.17. The van der Waals surface area contributed by atoms with Crippen LogP contribution in [0.2, 0.25) is 0 Å². The smallest absolute Gasteiger partial charge is 0.291 e. The van der Waals surface area contributed by atoms with Crippen LogP contribution in [0.3, 0.4) is 0 Å². The fourth-order valence-corrected chi connectivity index (χ4v) is 3.42. The van der Waals surface area contributed by atoms with Crippen molar-refractivity contribution < 1.29 is 18.7 Å². The lowest BCUT2D eigenvalue weighted by Gasteiger charge is -2.11. The first-order valence-corrected chi connectivity index (χ1v) is 11.2. The van der Waals surface area contributed by atoms with Gasteiger partial charge in [-0.2, -0.15) is 0 Å². The average Bonchev–Trinajstić information content (AvgIpc) is 3.29. The molecule has 0 fully saturated rings. The van der Waals surface area contributed by atoms with Crippen molar-refractivity contribution in [1.29, 1.82) is 0 Å². The van der Waals surface area contributed by atoms with Crippen LogP contribution in [-0.4, -0.2) is 23.5 Å². The second-order valence-electron chi connectivity index (χ2n) is 7.46. The third-order valence-corrected chi connectivity index (χ3v) is 5.05. The molecule has 0 aliphatic carbocycles. The molecule has 0 unspecified atom stereocenters. The second kappa shape index (κ2) is 10.6. The average molecular weight is 474 g/mol. The predicted molar refractivity (Wildman–Crippen MR) is 137 cm³/mol.